The molecule has 0 spiro atoms. The molecule has 5 nitrogen and oxygen atoms in total. The first-order chi connectivity index (χ1) is 9.61. The molecule has 0 aromatic carbocycles. The van der Waals surface area contributed by atoms with E-state index in [9.17, 15) is 4.79 Å². The minimum absolute atomic E-state index is 0.266. The van der Waals surface area contributed by atoms with E-state index in [1.54, 1.807) is 0 Å². The van der Waals surface area contributed by atoms with Crippen LogP contribution in [-0.2, 0) is 17.8 Å². The number of hydrogen-bond acceptors (Lipinski definition) is 4. The summed E-state index contributed by atoms with van der Waals surface area (Å²) in [5.41, 5.74) is 1.96. The zero-order valence-corrected chi connectivity index (χ0v) is 13.9. The van der Waals surface area contributed by atoms with Gasteiger partial charge in [-0.05, 0) is 49.3 Å². The summed E-state index contributed by atoms with van der Waals surface area (Å²) < 4.78 is 2.90. The fourth-order valence-electron chi connectivity index (χ4n) is 2.59. The molecule has 0 saturated carbocycles. The number of hydrogen-bond donors (Lipinski definition) is 1. The molecule has 0 unspecified atom stereocenters. The van der Waals surface area contributed by atoms with Crippen LogP contribution < -0.4 is 5.32 Å². The summed E-state index contributed by atoms with van der Waals surface area (Å²) >= 11 is 3.55. The second-order valence-electron chi connectivity index (χ2n) is 5.26. The average molecular weight is 343 g/mol. The third kappa shape index (κ3) is 3.90. The fourth-order valence-corrected chi connectivity index (χ4v) is 3.01. The number of carbonyl (C=O) groups excluding carboxylic acids is 1. The van der Waals surface area contributed by atoms with E-state index in [1.165, 1.54) is 0 Å². The van der Waals surface area contributed by atoms with Crippen molar-refractivity contribution in [2.24, 2.45) is 0 Å². The van der Waals surface area contributed by atoms with E-state index in [0.29, 0.717) is 13.0 Å². The van der Waals surface area contributed by atoms with Gasteiger partial charge < -0.3 is 5.32 Å². The number of halogens is 1. The van der Waals surface area contributed by atoms with Crippen molar-refractivity contribution in [3.05, 3.63) is 15.9 Å². The van der Waals surface area contributed by atoms with E-state index < -0.39 is 0 Å². The lowest BCUT2D eigenvalue weighted by atomic mass is 10.2. The van der Waals surface area contributed by atoms with Crippen LogP contribution in [0.3, 0.4) is 0 Å². The van der Waals surface area contributed by atoms with Gasteiger partial charge in [0.2, 0.25) is 0 Å². The van der Waals surface area contributed by atoms with Gasteiger partial charge in [-0.25, -0.2) is 0 Å². The molecule has 6 heteroatoms. The predicted molar refractivity (Wildman–Crippen MR) is 83.0 cm³/mol. The maximum absolute atomic E-state index is 12.3. The van der Waals surface area contributed by atoms with Crippen LogP contribution in [0.15, 0.2) is 4.47 Å². The van der Waals surface area contributed by atoms with Gasteiger partial charge >= 0.3 is 0 Å². The highest BCUT2D eigenvalue weighted by Gasteiger charge is 2.18. The van der Waals surface area contributed by atoms with Crippen molar-refractivity contribution in [2.75, 3.05) is 32.7 Å². The second kappa shape index (κ2) is 7.33. The van der Waals surface area contributed by atoms with E-state index in [-0.39, 0.29) is 5.78 Å². The quantitative estimate of drug-likeness (QED) is 0.878. The number of ketones is 1. The first-order valence-corrected chi connectivity index (χ1v) is 8.07. The fraction of sp³-hybridized carbons (Fsp3) is 0.714. The minimum Gasteiger partial charge on any atom is -0.315 e. The Morgan fingerprint density at radius 2 is 2.20 bits per heavy atom. The van der Waals surface area contributed by atoms with Gasteiger partial charge in [0.1, 0.15) is 0 Å². The summed E-state index contributed by atoms with van der Waals surface area (Å²) in [6.45, 7) is 9.34. The van der Waals surface area contributed by atoms with Crippen molar-refractivity contribution in [3.8, 4) is 0 Å². The molecule has 1 aliphatic rings. The summed E-state index contributed by atoms with van der Waals surface area (Å²) in [5.74, 6) is 0.266. The number of aryl methyl sites for hydroxylation is 2. The Kier molecular flexibility index (Phi) is 5.74. The van der Waals surface area contributed by atoms with Gasteiger partial charge in [-0.2, -0.15) is 5.10 Å². The molecule has 112 valence electrons. The van der Waals surface area contributed by atoms with Crippen LogP contribution in [0.4, 0.5) is 0 Å². The van der Waals surface area contributed by atoms with E-state index in [2.05, 4.69) is 31.2 Å². The van der Waals surface area contributed by atoms with E-state index in [1.807, 2.05) is 18.5 Å². The minimum atomic E-state index is 0.266. The summed E-state index contributed by atoms with van der Waals surface area (Å²) in [6.07, 6.45) is 1.57. The average Bonchev–Trinajstić information content (AvgIpc) is 2.64. The molecule has 1 N–H and O–H groups in total. The molecular formula is C14H23BrN4O. The van der Waals surface area contributed by atoms with Crippen molar-refractivity contribution in [2.45, 2.75) is 33.2 Å². The molecule has 1 aromatic heterocycles. The monoisotopic (exact) mass is 342 g/mol. The summed E-state index contributed by atoms with van der Waals surface area (Å²) in [5, 5.41) is 7.79. The molecule has 2 rings (SSSR count). The van der Waals surface area contributed by atoms with Crippen LogP contribution in [0.5, 0.6) is 0 Å². The molecule has 20 heavy (non-hydrogen) atoms. The molecule has 0 aliphatic carbocycles. The molecule has 0 atom stereocenters. The lowest BCUT2D eigenvalue weighted by molar-refractivity contribution is -0.119. The molecule has 1 aliphatic heterocycles. The van der Waals surface area contributed by atoms with E-state index >= 15 is 0 Å². The van der Waals surface area contributed by atoms with Crippen LogP contribution >= 0.6 is 15.9 Å². The summed E-state index contributed by atoms with van der Waals surface area (Å²) in [6, 6.07) is 0. The maximum Gasteiger partial charge on any atom is 0.152 e. The molecule has 1 fully saturated rings. The number of Topliss-reactive ketones (excluding diaryl/α,β-unsaturated/α-hetero) is 1. The summed E-state index contributed by atoms with van der Waals surface area (Å²) in [7, 11) is 0. The Morgan fingerprint density at radius 1 is 1.40 bits per heavy atom. The number of nitrogens with zero attached hydrogens (tertiary/aromatic N) is 3. The number of aromatic nitrogens is 2. The number of rotatable bonds is 5. The third-order valence-corrected chi connectivity index (χ3v) is 4.68. The van der Waals surface area contributed by atoms with Gasteiger partial charge in [-0.3, -0.25) is 14.4 Å². The van der Waals surface area contributed by atoms with Crippen molar-refractivity contribution in [3.63, 3.8) is 0 Å². The van der Waals surface area contributed by atoms with Gasteiger partial charge in [0.05, 0.1) is 28.8 Å². The predicted octanol–water partition coefficient (Wildman–Crippen LogP) is 1.38. The van der Waals surface area contributed by atoms with E-state index in [0.717, 1.165) is 55.0 Å². The van der Waals surface area contributed by atoms with Gasteiger partial charge in [0, 0.05) is 19.6 Å². The normalized spacial score (nSPS) is 17.1. The maximum atomic E-state index is 12.3. The Hall–Kier alpha value is -0.720. The molecule has 0 amide bonds. The van der Waals surface area contributed by atoms with Crippen molar-refractivity contribution in [1.29, 1.82) is 0 Å². The Labute approximate surface area is 128 Å². The molecular weight excluding hydrogens is 320 g/mol. The number of carbonyl (C=O) groups is 1. The smallest absolute Gasteiger partial charge is 0.152 e. The lowest BCUT2D eigenvalue weighted by Crippen LogP contribution is -2.34. The second-order valence-corrected chi connectivity index (χ2v) is 6.05. The lowest BCUT2D eigenvalue weighted by Gasteiger charge is -2.18. The molecule has 0 bridgehead atoms. The zero-order chi connectivity index (χ0) is 14.5. The SMILES string of the molecule is CCn1nc(C)c(Br)c1CC(=O)CN1CCCNCC1. The van der Waals surface area contributed by atoms with Crippen molar-refractivity contribution in [1.82, 2.24) is 20.0 Å². The van der Waals surface area contributed by atoms with Crippen molar-refractivity contribution >= 4 is 21.7 Å². The van der Waals surface area contributed by atoms with Crippen LogP contribution in [0.1, 0.15) is 24.7 Å². The van der Waals surface area contributed by atoms with Crippen LogP contribution in [0.25, 0.3) is 0 Å². The molecule has 1 aromatic rings. The summed E-state index contributed by atoms with van der Waals surface area (Å²) in [4.78, 5) is 14.5. The van der Waals surface area contributed by atoms with Crippen molar-refractivity contribution < 1.29 is 4.79 Å². The highest BCUT2D eigenvalue weighted by atomic mass is 79.9. The molecule has 0 radical (unpaired) electrons. The molecule has 1 saturated heterocycles. The Morgan fingerprint density at radius 3 is 2.95 bits per heavy atom. The third-order valence-electron chi connectivity index (χ3n) is 3.65. The van der Waals surface area contributed by atoms with Gasteiger partial charge in [-0.1, -0.05) is 0 Å². The first kappa shape index (κ1) is 15.7. The van der Waals surface area contributed by atoms with Gasteiger partial charge in [0.15, 0.2) is 5.78 Å². The van der Waals surface area contributed by atoms with Crippen LogP contribution in [0, 0.1) is 6.92 Å². The zero-order valence-electron chi connectivity index (χ0n) is 12.3. The number of nitrogens with one attached hydrogen (secondary N) is 1. The van der Waals surface area contributed by atoms with Crippen LogP contribution in [-0.4, -0.2) is 53.2 Å². The highest BCUT2D eigenvalue weighted by Crippen LogP contribution is 2.21. The highest BCUT2D eigenvalue weighted by molar-refractivity contribution is 9.10. The Balaban J connectivity index is 1.97. The van der Waals surface area contributed by atoms with Crippen LogP contribution in [0.2, 0.25) is 0 Å². The Bertz CT molecular complexity index is 464. The largest absolute Gasteiger partial charge is 0.315 e. The molecule has 2 heterocycles. The first-order valence-electron chi connectivity index (χ1n) is 7.28. The van der Waals surface area contributed by atoms with Gasteiger partial charge in [0.25, 0.3) is 0 Å². The topological polar surface area (TPSA) is 50.2 Å². The standard InChI is InChI=1S/C14H23BrN4O/c1-3-19-13(14(15)11(2)17-19)9-12(20)10-18-7-4-5-16-6-8-18/h16H,3-10H2,1-2H3. The van der Waals surface area contributed by atoms with Gasteiger partial charge in [-0.15, -0.1) is 0 Å². The van der Waals surface area contributed by atoms with E-state index in [4.69, 9.17) is 0 Å².